The van der Waals surface area contributed by atoms with Gasteiger partial charge in [0.05, 0.1) is 11.2 Å². The third kappa shape index (κ3) is 16.8. The van der Waals surface area contributed by atoms with E-state index in [-0.39, 0.29) is 32.7 Å². The summed E-state index contributed by atoms with van der Waals surface area (Å²) in [6, 6.07) is 31.5. The van der Waals surface area contributed by atoms with Crippen molar-refractivity contribution < 1.29 is 32.7 Å². The summed E-state index contributed by atoms with van der Waals surface area (Å²) in [6.07, 6.45) is 6.73. The molecule has 237 valence electrons. The Kier molecular flexibility index (Phi) is 26.8. The predicted octanol–water partition coefficient (Wildman–Crippen LogP) is 9.91. The van der Waals surface area contributed by atoms with Crippen LogP contribution >= 0.6 is 0 Å². The fraction of sp³-hybridized carbons (Fsp3) is 0.263. The van der Waals surface area contributed by atoms with Crippen molar-refractivity contribution in [3.05, 3.63) is 133 Å². The van der Waals surface area contributed by atoms with Crippen LogP contribution in [0.3, 0.4) is 0 Å². The molecule has 0 saturated heterocycles. The summed E-state index contributed by atoms with van der Waals surface area (Å²) in [7, 11) is 0. The number of para-hydroxylation sites is 2. The molecule has 0 amide bonds. The number of rotatable bonds is 2. The maximum Gasteiger partial charge on any atom is 0.116 e. The third-order valence-electron chi connectivity index (χ3n) is 5.33. The van der Waals surface area contributed by atoms with Gasteiger partial charge >= 0.3 is 0 Å². The Morgan fingerprint density at radius 1 is 0.578 bits per heavy atom. The van der Waals surface area contributed by atoms with E-state index in [4.69, 9.17) is 11.5 Å². The van der Waals surface area contributed by atoms with Crippen molar-refractivity contribution in [2.45, 2.75) is 68.7 Å². The number of nitrogens with zero attached hydrogens (tertiary/aromatic N) is 4. The average Bonchev–Trinajstić information content (AvgIpc) is 3.09. The van der Waals surface area contributed by atoms with Crippen molar-refractivity contribution in [1.82, 2.24) is 19.9 Å². The standard InChI is InChI=1S/C15H13N3.C8H5N2.C7H9N.4C2H6.Y/c16-12-5-3-4-11(8-12)9-15-13-6-1-2-7-14(13)17-10-18-15;1-2-4-8-7(3-1)5-9-6-10-8;1-6-3-2-4-7(8)5-6;4*1-2;/h1-8,10H,9,16H2;1-4,6H;2-5H,8H2,1H3;4*1-2H3;/q;-1;;;;;;. The second-order valence-corrected chi connectivity index (χ2v) is 8.18. The number of hydrogen-bond donors (Lipinski definition) is 2. The normalized spacial score (nSPS) is 8.64. The fourth-order valence-corrected chi connectivity index (χ4v) is 3.64. The first kappa shape index (κ1) is 43.4. The maximum atomic E-state index is 5.79. The molecular formula is C38H51N6Y-. The molecule has 0 saturated carbocycles. The van der Waals surface area contributed by atoms with Gasteiger partial charge in [0.25, 0.3) is 0 Å². The quantitative estimate of drug-likeness (QED) is 0.139. The van der Waals surface area contributed by atoms with Crippen molar-refractivity contribution in [1.29, 1.82) is 0 Å². The van der Waals surface area contributed by atoms with Gasteiger partial charge in [0.15, 0.2) is 0 Å². The Labute approximate surface area is 297 Å². The molecule has 6 aromatic rings. The van der Waals surface area contributed by atoms with Gasteiger partial charge in [-0.3, -0.25) is 0 Å². The van der Waals surface area contributed by atoms with E-state index in [1.807, 2.05) is 147 Å². The molecule has 0 bridgehead atoms. The van der Waals surface area contributed by atoms with Crippen LogP contribution in [0.25, 0.3) is 21.8 Å². The first-order valence-corrected chi connectivity index (χ1v) is 15.5. The van der Waals surface area contributed by atoms with Crippen LogP contribution in [-0.4, -0.2) is 19.9 Å². The number of benzene rings is 4. The van der Waals surface area contributed by atoms with Crippen LogP contribution in [0.4, 0.5) is 11.4 Å². The van der Waals surface area contributed by atoms with Gasteiger partial charge in [-0.15, -0.1) is 17.5 Å². The number of anilines is 2. The Bertz CT molecular complexity index is 1490. The predicted molar refractivity (Wildman–Crippen MR) is 193 cm³/mol. The van der Waals surface area contributed by atoms with Gasteiger partial charge in [-0.25, -0.2) is 9.97 Å². The van der Waals surface area contributed by atoms with Crippen molar-refractivity contribution in [2.24, 2.45) is 0 Å². The number of hydrogen-bond acceptors (Lipinski definition) is 6. The van der Waals surface area contributed by atoms with Crippen LogP contribution in [0.1, 0.15) is 72.2 Å². The van der Waals surface area contributed by atoms with Gasteiger partial charge in [0.1, 0.15) is 6.33 Å². The Hall–Kier alpha value is -3.74. The number of fused-ring (bicyclic) bond motifs is 2. The molecule has 7 heteroatoms. The summed E-state index contributed by atoms with van der Waals surface area (Å²) in [4.78, 5) is 16.5. The molecule has 0 spiro atoms. The Morgan fingerprint density at radius 2 is 1.13 bits per heavy atom. The van der Waals surface area contributed by atoms with E-state index in [2.05, 4.69) is 38.3 Å². The zero-order chi connectivity index (χ0) is 33.2. The SMILES string of the molecule is CC.CC.CC.CC.Cc1cccc(N)c1.Nc1cccc(Cc2ncnc3ccccc23)c1.[Y].[c-]1ncnc2ccccc12. The minimum atomic E-state index is 0. The van der Waals surface area contributed by atoms with Crippen LogP contribution in [0, 0.1) is 13.1 Å². The van der Waals surface area contributed by atoms with Crippen molar-refractivity contribution in [3.8, 4) is 0 Å². The van der Waals surface area contributed by atoms with Crippen molar-refractivity contribution >= 4 is 33.2 Å². The van der Waals surface area contributed by atoms with Crippen LogP contribution < -0.4 is 11.5 Å². The van der Waals surface area contributed by atoms with Gasteiger partial charge in [0.2, 0.25) is 0 Å². The molecule has 0 aliphatic rings. The molecule has 1 radical (unpaired) electrons. The molecule has 4 N–H and O–H groups in total. The van der Waals surface area contributed by atoms with Gasteiger partial charge in [-0.1, -0.05) is 110 Å². The Balaban J connectivity index is 0. The van der Waals surface area contributed by atoms with E-state index in [9.17, 15) is 0 Å². The van der Waals surface area contributed by atoms with Crippen LogP contribution in [-0.2, 0) is 39.1 Å². The van der Waals surface area contributed by atoms with E-state index in [1.54, 1.807) is 6.33 Å². The number of aromatic nitrogens is 4. The first-order chi connectivity index (χ1) is 21.6. The molecule has 2 heterocycles. The zero-order valence-corrected chi connectivity index (χ0v) is 31.5. The fourth-order valence-electron chi connectivity index (χ4n) is 3.64. The molecular weight excluding hydrogens is 629 g/mol. The van der Waals surface area contributed by atoms with E-state index in [1.165, 1.54) is 17.5 Å². The van der Waals surface area contributed by atoms with E-state index >= 15 is 0 Å². The van der Waals surface area contributed by atoms with Crippen molar-refractivity contribution in [2.75, 3.05) is 11.5 Å². The average molecular weight is 681 g/mol. The summed E-state index contributed by atoms with van der Waals surface area (Å²) in [5.74, 6) is 0. The molecule has 45 heavy (non-hydrogen) atoms. The molecule has 4 aromatic carbocycles. The van der Waals surface area contributed by atoms with E-state index < -0.39 is 0 Å². The summed E-state index contributed by atoms with van der Waals surface area (Å²) in [5.41, 5.74) is 18.2. The molecule has 0 fully saturated rings. The molecule has 0 atom stereocenters. The largest absolute Gasteiger partial charge is 0.399 e. The van der Waals surface area contributed by atoms with Crippen LogP contribution in [0.15, 0.2) is 110 Å². The molecule has 6 nitrogen and oxygen atoms in total. The second kappa shape index (κ2) is 27.8. The second-order valence-electron chi connectivity index (χ2n) is 8.18. The van der Waals surface area contributed by atoms with Crippen molar-refractivity contribution in [3.63, 3.8) is 0 Å². The third-order valence-corrected chi connectivity index (χ3v) is 5.33. The topological polar surface area (TPSA) is 104 Å². The summed E-state index contributed by atoms with van der Waals surface area (Å²) >= 11 is 0. The van der Waals surface area contributed by atoms with Gasteiger partial charge in [0, 0.05) is 62.2 Å². The maximum absolute atomic E-state index is 5.79. The summed E-state index contributed by atoms with van der Waals surface area (Å²) in [5, 5.41) is 2.06. The van der Waals surface area contributed by atoms with Gasteiger partial charge < -0.3 is 21.4 Å². The van der Waals surface area contributed by atoms with Crippen LogP contribution in [0.2, 0.25) is 0 Å². The number of aryl methyl sites for hydroxylation is 1. The summed E-state index contributed by atoms with van der Waals surface area (Å²) in [6.45, 7) is 18.0. The monoisotopic (exact) mass is 680 g/mol. The van der Waals surface area contributed by atoms with E-state index in [0.717, 1.165) is 45.3 Å². The summed E-state index contributed by atoms with van der Waals surface area (Å²) < 4.78 is 0. The smallest absolute Gasteiger partial charge is 0.116 e. The minimum Gasteiger partial charge on any atom is -0.399 e. The minimum absolute atomic E-state index is 0. The molecule has 6 rings (SSSR count). The number of nitrogen functional groups attached to an aromatic ring is 2. The first-order valence-electron chi connectivity index (χ1n) is 15.5. The van der Waals surface area contributed by atoms with E-state index in [0.29, 0.717) is 0 Å². The molecule has 0 aliphatic carbocycles. The molecule has 2 aromatic heterocycles. The zero-order valence-electron chi connectivity index (χ0n) is 28.6. The van der Waals surface area contributed by atoms with Gasteiger partial charge in [-0.05, 0) is 60.1 Å². The number of nitrogens with two attached hydrogens (primary N) is 2. The molecule has 0 unspecified atom stereocenters. The van der Waals surface area contributed by atoms with Crippen LogP contribution in [0.5, 0.6) is 0 Å². The molecule has 0 aliphatic heterocycles. The van der Waals surface area contributed by atoms with Gasteiger partial charge in [-0.2, -0.15) is 0 Å². The Morgan fingerprint density at radius 3 is 1.71 bits per heavy atom.